The van der Waals surface area contributed by atoms with Gasteiger partial charge in [0.05, 0.1) is 6.26 Å². The zero-order valence-electron chi connectivity index (χ0n) is 10.9. The number of rotatable bonds is 5. The number of furan rings is 1. The molecular formula is C13H16ClN3O2. The van der Waals surface area contributed by atoms with Gasteiger partial charge in [-0.25, -0.2) is 9.97 Å². The van der Waals surface area contributed by atoms with Crippen LogP contribution in [0.5, 0.6) is 0 Å². The third kappa shape index (κ3) is 3.24. The third-order valence-corrected chi connectivity index (χ3v) is 3.07. The average molecular weight is 282 g/mol. The lowest BCUT2D eigenvalue weighted by molar-refractivity contribution is 0.162. The molecule has 0 aromatic carbocycles. The Balaban J connectivity index is 2.11. The van der Waals surface area contributed by atoms with Crippen molar-refractivity contribution in [3.63, 3.8) is 0 Å². The first-order chi connectivity index (χ1) is 9.11. The summed E-state index contributed by atoms with van der Waals surface area (Å²) in [5.41, 5.74) is 0.846. The summed E-state index contributed by atoms with van der Waals surface area (Å²) in [4.78, 5) is 8.43. The maximum Gasteiger partial charge on any atom is 0.138 e. The smallest absolute Gasteiger partial charge is 0.138 e. The molecule has 0 bridgehead atoms. The lowest BCUT2D eigenvalue weighted by atomic mass is 10.2. The van der Waals surface area contributed by atoms with Crippen LogP contribution in [0.25, 0.3) is 0 Å². The van der Waals surface area contributed by atoms with Gasteiger partial charge in [0.1, 0.15) is 28.7 Å². The molecule has 0 aliphatic heterocycles. The summed E-state index contributed by atoms with van der Waals surface area (Å²) >= 11 is 6.08. The number of nitrogens with zero attached hydrogens (tertiary/aromatic N) is 2. The van der Waals surface area contributed by atoms with Crippen molar-refractivity contribution in [2.45, 2.75) is 26.4 Å². The predicted molar refractivity (Wildman–Crippen MR) is 73.3 cm³/mol. The van der Waals surface area contributed by atoms with Crippen LogP contribution in [0.2, 0.25) is 5.15 Å². The number of aromatic nitrogens is 2. The molecule has 102 valence electrons. The number of aliphatic hydroxyl groups excluding tert-OH is 1. The molecule has 2 aromatic heterocycles. The van der Waals surface area contributed by atoms with E-state index >= 15 is 0 Å². The summed E-state index contributed by atoms with van der Waals surface area (Å²) in [7, 11) is 0. The highest BCUT2D eigenvalue weighted by molar-refractivity contribution is 6.30. The van der Waals surface area contributed by atoms with Gasteiger partial charge in [-0.1, -0.05) is 18.5 Å². The van der Waals surface area contributed by atoms with E-state index in [1.54, 1.807) is 19.1 Å². The van der Waals surface area contributed by atoms with Crippen LogP contribution in [-0.2, 0) is 6.42 Å². The summed E-state index contributed by atoms with van der Waals surface area (Å²) in [5, 5.41) is 13.5. The summed E-state index contributed by atoms with van der Waals surface area (Å²) in [6.45, 7) is 4.06. The summed E-state index contributed by atoms with van der Waals surface area (Å²) < 4.78 is 5.14. The molecule has 0 radical (unpaired) electrons. The van der Waals surface area contributed by atoms with E-state index in [-0.39, 0.29) is 0 Å². The Hall–Kier alpha value is -1.59. The van der Waals surface area contributed by atoms with Crippen molar-refractivity contribution in [3.05, 3.63) is 40.7 Å². The molecule has 0 saturated heterocycles. The van der Waals surface area contributed by atoms with Crippen LogP contribution in [0.4, 0.5) is 5.82 Å². The number of aliphatic hydroxyl groups is 1. The van der Waals surface area contributed by atoms with Gasteiger partial charge < -0.3 is 14.8 Å². The van der Waals surface area contributed by atoms with Gasteiger partial charge in [-0.3, -0.25) is 0 Å². The quantitative estimate of drug-likeness (QED) is 0.825. The van der Waals surface area contributed by atoms with E-state index < -0.39 is 6.10 Å². The molecule has 0 spiro atoms. The Morgan fingerprint density at radius 2 is 2.26 bits per heavy atom. The van der Waals surface area contributed by atoms with Gasteiger partial charge in [0.25, 0.3) is 0 Å². The second-order valence-corrected chi connectivity index (χ2v) is 4.51. The molecule has 0 aliphatic rings. The summed E-state index contributed by atoms with van der Waals surface area (Å²) in [5.74, 6) is 1.77. The van der Waals surface area contributed by atoms with Crippen LogP contribution in [0.15, 0.2) is 22.8 Å². The van der Waals surface area contributed by atoms with E-state index in [4.69, 9.17) is 16.0 Å². The normalized spacial score (nSPS) is 12.4. The highest BCUT2D eigenvalue weighted by atomic mass is 35.5. The number of hydrogen-bond acceptors (Lipinski definition) is 5. The van der Waals surface area contributed by atoms with Crippen LogP contribution in [-0.4, -0.2) is 21.6 Å². The largest absolute Gasteiger partial charge is 0.467 e. The Bertz CT molecular complexity index is 543. The van der Waals surface area contributed by atoms with Crippen molar-refractivity contribution in [3.8, 4) is 0 Å². The van der Waals surface area contributed by atoms with Crippen LogP contribution < -0.4 is 5.32 Å². The standard InChI is InChI=1S/C13H16ClN3O2/c1-3-9-12(14)16-8(2)17-13(9)15-7-10(18)11-5-4-6-19-11/h4-6,10,18H,3,7H2,1-2H3,(H,15,16,17). The van der Waals surface area contributed by atoms with Gasteiger partial charge in [0.2, 0.25) is 0 Å². The van der Waals surface area contributed by atoms with E-state index in [0.717, 1.165) is 12.0 Å². The second-order valence-electron chi connectivity index (χ2n) is 4.15. The average Bonchev–Trinajstić information content (AvgIpc) is 2.89. The van der Waals surface area contributed by atoms with E-state index in [2.05, 4.69) is 15.3 Å². The maximum absolute atomic E-state index is 9.94. The maximum atomic E-state index is 9.94. The van der Waals surface area contributed by atoms with Gasteiger partial charge in [0.15, 0.2) is 0 Å². The van der Waals surface area contributed by atoms with E-state index in [9.17, 15) is 5.11 Å². The van der Waals surface area contributed by atoms with Gasteiger partial charge >= 0.3 is 0 Å². The number of halogens is 1. The van der Waals surface area contributed by atoms with Crippen molar-refractivity contribution in [2.24, 2.45) is 0 Å². The molecule has 0 fully saturated rings. The number of aryl methyl sites for hydroxylation is 1. The fourth-order valence-electron chi connectivity index (χ4n) is 1.80. The van der Waals surface area contributed by atoms with Crippen LogP contribution in [0, 0.1) is 6.92 Å². The highest BCUT2D eigenvalue weighted by Crippen LogP contribution is 2.22. The molecule has 1 unspecified atom stereocenters. The number of anilines is 1. The first-order valence-electron chi connectivity index (χ1n) is 6.10. The van der Waals surface area contributed by atoms with Crippen LogP contribution in [0.3, 0.4) is 0 Å². The first kappa shape index (κ1) is 13.8. The minimum atomic E-state index is -0.728. The Morgan fingerprint density at radius 3 is 2.89 bits per heavy atom. The molecule has 2 N–H and O–H groups in total. The SMILES string of the molecule is CCc1c(Cl)nc(C)nc1NCC(O)c1ccco1. The topological polar surface area (TPSA) is 71.2 Å². The van der Waals surface area contributed by atoms with Crippen LogP contribution in [0.1, 0.15) is 30.2 Å². The van der Waals surface area contributed by atoms with E-state index in [1.165, 1.54) is 6.26 Å². The lowest BCUT2D eigenvalue weighted by Gasteiger charge is -2.14. The molecule has 19 heavy (non-hydrogen) atoms. The Morgan fingerprint density at radius 1 is 1.47 bits per heavy atom. The molecule has 0 aliphatic carbocycles. The molecule has 2 heterocycles. The fraction of sp³-hybridized carbons (Fsp3) is 0.385. The monoisotopic (exact) mass is 281 g/mol. The van der Waals surface area contributed by atoms with Crippen molar-refractivity contribution in [2.75, 3.05) is 11.9 Å². The van der Waals surface area contributed by atoms with Gasteiger partial charge in [0, 0.05) is 12.1 Å². The van der Waals surface area contributed by atoms with Gasteiger partial charge in [-0.05, 0) is 25.5 Å². The number of hydrogen-bond donors (Lipinski definition) is 2. The Labute approximate surface area is 116 Å². The van der Waals surface area contributed by atoms with E-state index in [0.29, 0.717) is 29.1 Å². The fourth-order valence-corrected chi connectivity index (χ4v) is 2.14. The molecular weight excluding hydrogens is 266 g/mol. The van der Waals surface area contributed by atoms with Crippen molar-refractivity contribution in [1.82, 2.24) is 9.97 Å². The van der Waals surface area contributed by atoms with Gasteiger partial charge in [-0.2, -0.15) is 0 Å². The molecule has 2 aromatic rings. The minimum absolute atomic E-state index is 0.299. The zero-order valence-corrected chi connectivity index (χ0v) is 11.6. The Kier molecular flexibility index (Phi) is 4.39. The minimum Gasteiger partial charge on any atom is -0.467 e. The van der Waals surface area contributed by atoms with E-state index in [1.807, 2.05) is 6.92 Å². The molecule has 2 rings (SSSR count). The summed E-state index contributed by atoms with van der Waals surface area (Å²) in [6, 6.07) is 3.47. The van der Waals surface area contributed by atoms with Crippen molar-refractivity contribution >= 4 is 17.4 Å². The molecule has 0 saturated carbocycles. The molecule has 5 nitrogen and oxygen atoms in total. The van der Waals surface area contributed by atoms with Crippen molar-refractivity contribution < 1.29 is 9.52 Å². The third-order valence-electron chi connectivity index (χ3n) is 2.76. The highest BCUT2D eigenvalue weighted by Gasteiger charge is 2.14. The zero-order chi connectivity index (χ0) is 13.8. The molecule has 0 amide bonds. The van der Waals surface area contributed by atoms with Crippen LogP contribution >= 0.6 is 11.6 Å². The van der Waals surface area contributed by atoms with Gasteiger partial charge in [-0.15, -0.1) is 0 Å². The molecule has 6 heteroatoms. The predicted octanol–water partition coefficient (Wildman–Crippen LogP) is 2.74. The second kappa shape index (κ2) is 6.04. The lowest BCUT2D eigenvalue weighted by Crippen LogP contribution is -2.14. The first-order valence-corrected chi connectivity index (χ1v) is 6.48. The molecule has 1 atom stereocenters. The van der Waals surface area contributed by atoms with Crippen molar-refractivity contribution in [1.29, 1.82) is 0 Å². The summed E-state index contributed by atoms with van der Waals surface area (Å²) in [6.07, 6.45) is 1.52. The number of nitrogens with one attached hydrogen (secondary N) is 1.